The molecule has 25 heavy (non-hydrogen) atoms. The maximum atomic E-state index is 5.31. The Kier molecular flexibility index (Phi) is 4.99. The minimum Gasteiger partial charge on any atom is -0.481 e. The lowest BCUT2D eigenvalue weighted by atomic mass is 10.1. The Morgan fingerprint density at radius 1 is 1.04 bits per heavy atom. The molecule has 2 aromatic rings. The monoisotopic (exact) mass is 341 g/mol. The van der Waals surface area contributed by atoms with Crippen molar-refractivity contribution in [3.05, 3.63) is 23.8 Å². The Morgan fingerprint density at radius 3 is 2.60 bits per heavy atom. The number of aromatic nitrogens is 2. The molecule has 2 aromatic heterocycles. The summed E-state index contributed by atoms with van der Waals surface area (Å²) in [6.45, 7) is 7.45. The summed E-state index contributed by atoms with van der Waals surface area (Å²) >= 11 is 0. The smallest absolute Gasteiger partial charge is 0.215 e. The molecule has 0 saturated carbocycles. The molecule has 0 amide bonds. The van der Waals surface area contributed by atoms with Crippen molar-refractivity contribution < 1.29 is 4.74 Å². The molecule has 0 spiro atoms. The molecule has 0 atom stereocenters. The van der Waals surface area contributed by atoms with E-state index in [0.29, 0.717) is 5.88 Å². The molecular formula is C19H27N5O. The van der Waals surface area contributed by atoms with Gasteiger partial charge in [0.05, 0.1) is 7.11 Å². The molecule has 1 N–H and O–H groups in total. The molecule has 134 valence electrons. The van der Waals surface area contributed by atoms with Crippen LogP contribution < -0.4 is 15.0 Å². The van der Waals surface area contributed by atoms with Gasteiger partial charge in [-0.05, 0) is 37.0 Å². The van der Waals surface area contributed by atoms with Crippen LogP contribution in [-0.2, 0) is 6.54 Å². The lowest BCUT2D eigenvalue weighted by molar-refractivity contribution is 0.234. The van der Waals surface area contributed by atoms with Gasteiger partial charge in [-0.3, -0.25) is 4.90 Å². The minimum absolute atomic E-state index is 0.629. The third kappa shape index (κ3) is 3.70. The van der Waals surface area contributed by atoms with Gasteiger partial charge >= 0.3 is 0 Å². The molecule has 4 heterocycles. The summed E-state index contributed by atoms with van der Waals surface area (Å²) in [7, 11) is 1.66. The van der Waals surface area contributed by atoms with Crippen molar-refractivity contribution in [2.45, 2.75) is 25.8 Å². The fourth-order valence-corrected chi connectivity index (χ4v) is 3.78. The van der Waals surface area contributed by atoms with Gasteiger partial charge in [-0.1, -0.05) is 0 Å². The van der Waals surface area contributed by atoms with Crippen molar-refractivity contribution in [2.24, 2.45) is 0 Å². The van der Waals surface area contributed by atoms with Crippen molar-refractivity contribution in [2.75, 3.05) is 51.3 Å². The second-order valence-corrected chi connectivity index (χ2v) is 6.94. The first-order valence-corrected chi connectivity index (χ1v) is 9.36. The van der Waals surface area contributed by atoms with Crippen LogP contribution in [0.5, 0.6) is 5.88 Å². The van der Waals surface area contributed by atoms with Crippen LogP contribution in [0, 0.1) is 0 Å². The third-order valence-corrected chi connectivity index (χ3v) is 5.21. The van der Waals surface area contributed by atoms with E-state index in [9.17, 15) is 0 Å². The van der Waals surface area contributed by atoms with E-state index in [2.05, 4.69) is 32.2 Å². The van der Waals surface area contributed by atoms with Crippen LogP contribution in [0.2, 0.25) is 0 Å². The number of piperidine rings is 1. The van der Waals surface area contributed by atoms with E-state index in [-0.39, 0.29) is 0 Å². The maximum absolute atomic E-state index is 5.31. The number of methoxy groups -OCH3 is 1. The molecule has 0 unspecified atom stereocenters. The SMILES string of the molecule is COc1ccc2c(CN3CCNCC3)cc(N3CCCCC3)nc2n1. The quantitative estimate of drug-likeness (QED) is 0.918. The van der Waals surface area contributed by atoms with Gasteiger partial charge in [0, 0.05) is 57.3 Å². The highest BCUT2D eigenvalue weighted by molar-refractivity contribution is 5.81. The van der Waals surface area contributed by atoms with E-state index in [1.807, 2.05) is 6.07 Å². The summed E-state index contributed by atoms with van der Waals surface area (Å²) in [5.41, 5.74) is 2.12. The molecule has 0 radical (unpaired) electrons. The Labute approximate surface area is 149 Å². The molecular weight excluding hydrogens is 314 g/mol. The van der Waals surface area contributed by atoms with Crippen LogP contribution in [0.25, 0.3) is 11.0 Å². The van der Waals surface area contributed by atoms with Crippen molar-refractivity contribution in [1.29, 1.82) is 0 Å². The van der Waals surface area contributed by atoms with Gasteiger partial charge in [-0.25, -0.2) is 4.98 Å². The van der Waals surface area contributed by atoms with Crippen LogP contribution in [0.4, 0.5) is 5.82 Å². The third-order valence-electron chi connectivity index (χ3n) is 5.21. The van der Waals surface area contributed by atoms with Crippen molar-refractivity contribution >= 4 is 16.9 Å². The molecule has 2 aliphatic heterocycles. The second-order valence-electron chi connectivity index (χ2n) is 6.94. The summed E-state index contributed by atoms with van der Waals surface area (Å²) in [4.78, 5) is 14.4. The number of nitrogens with one attached hydrogen (secondary N) is 1. The van der Waals surface area contributed by atoms with E-state index in [4.69, 9.17) is 9.72 Å². The molecule has 0 aromatic carbocycles. The van der Waals surface area contributed by atoms with Crippen LogP contribution in [0.1, 0.15) is 24.8 Å². The number of hydrogen-bond acceptors (Lipinski definition) is 6. The summed E-state index contributed by atoms with van der Waals surface area (Å²) < 4.78 is 5.31. The molecule has 0 aliphatic carbocycles. The highest BCUT2D eigenvalue weighted by Gasteiger charge is 2.18. The first kappa shape index (κ1) is 16.5. The number of hydrogen-bond donors (Lipinski definition) is 1. The van der Waals surface area contributed by atoms with Crippen LogP contribution in [0.3, 0.4) is 0 Å². The summed E-state index contributed by atoms with van der Waals surface area (Å²) in [5, 5.41) is 4.56. The second kappa shape index (κ2) is 7.54. The predicted molar refractivity (Wildman–Crippen MR) is 100 cm³/mol. The van der Waals surface area contributed by atoms with Crippen molar-refractivity contribution in [1.82, 2.24) is 20.2 Å². The standard InChI is InChI=1S/C19H27N5O/c1-25-18-6-5-16-15(14-23-11-7-20-8-12-23)13-17(21-19(16)22-18)24-9-3-2-4-10-24/h5-6,13,20H,2-4,7-12,14H2,1H3. The van der Waals surface area contributed by atoms with Gasteiger partial charge in [0.25, 0.3) is 0 Å². The maximum Gasteiger partial charge on any atom is 0.215 e. The predicted octanol–water partition coefficient (Wildman–Crippen LogP) is 2.03. The van der Waals surface area contributed by atoms with Crippen molar-refractivity contribution in [3.8, 4) is 5.88 Å². The number of pyridine rings is 2. The molecule has 2 fully saturated rings. The summed E-state index contributed by atoms with van der Waals surface area (Å²) in [6.07, 6.45) is 3.82. The minimum atomic E-state index is 0.629. The lowest BCUT2D eigenvalue weighted by Gasteiger charge is -2.30. The highest BCUT2D eigenvalue weighted by Crippen LogP contribution is 2.27. The van der Waals surface area contributed by atoms with E-state index >= 15 is 0 Å². The van der Waals surface area contributed by atoms with E-state index in [1.54, 1.807) is 7.11 Å². The fraction of sp³-hybridized carbons (Fsp3) is 0.579. The first-order chi connectivity index (χ1) is 12.3. The Hall–Kier alpha value is -1.92. The van der Waals surface area contributed by atoms with Gasteiger partial charge in [0.15, 0.2) is 5.65 Å². The normalized spacial score (nSPS) is 19.3. The van der Waals surface area contributed by atoms with E-state index in [0.717, 1.165) is 62.7 Å². The highest BCUT2D eigenvalue weighted by atomic mass is 16.5. The lowest BCUT2D eigenvalue weighted by Crippen LogP contribution is -2.43. The topological polar surface area (TPSA) is 53.5 Å². The first-order valence-electron chi connectivity index (χ1n) is 9.36. The van der Waals surface area contributed by atoms with Gasteiger partial charge in [0.1, 0.15) is 5.82 Å². The van der Waals surface area contributed by atoms with Crippen LogP contribution in [-0.4, -0.2) is 61.2 Å². The summed E-state index contributed by atoms with van der Waals surface area (Å²) in [6, 6.07) is 6.32. The zero-order chi connectivity index (χ0) is 17.1. The zero-order valence-corrected chi connectivity index (χ0v) is 15.0. The summed E-state index contributed by atoms with van der Waals surface area (Å²) in [5.74, 6) is 1.70. The average molecular weight is 341 g/mol. The zero-order valence-electron chi connectivity index (χ0n) is 15.0. The molecule has 2 aliphatic rings. The number of ether oxygens (including phenoxy) is 1. The van der Waals surface area contributed by atoms with Crippen LogP contribution >= 0.6 is 0 Å². The van der Waals surface area contributed by atoms with Gasteiger partial charge in [-0.15, -0.1) is 0 Å². The number of anilines is 1. The molecule has 6 heteroatoms. The van der Waals surface area contributed by atoms with Crippen LogP contribution in [0.15, 0.2) is 18.2 Å². The van der Waals surface area contributed by atoms with E-state index in [1.165, 1.54) is 24.8 Å². The Bertz CT molecular complexity index is 723. The van der Waals surface area contributed by atoms with E-state index < -0.39 is 0 Å². The Balaban J connectivity index is 1.71. The molecule has 2 saturated heterocycles. The van der Waals surface area contributed by atoms with Gasteiger partial charge in [-0.2, -0.15) is 4.98 Å². The molecule has 0 bridgehead atoms. The fourth-order valence-electron chi connectivity index (χ4n) is 3.78. The molecule has 6 nitrogen and oxygen atoms in total. The Morgan fingerprint density at radius 2 is 1.84 bits per heavy atom. The molecule has 4 rings (SSSR count). The number of piperazine rings is 1. The van der Waals surface area contributed by atoms with Crippen molar-refractivity contribution in [3.63, 3.8) is 0 Å². The largest absolute Gasteiger partial charge is 0.481 e. The number of rotatable bonds is 4. The number of fused-ring (bicyclic) bond motifs is 1. The van der Waals surface area contributed by atoms with Gasteiger partial charge < -0.3 is 15.0 Å². The average Bonchev–Trinajstić information content (AvgIpc) is 2.69. The van der Waals surface area contributed by atoms with Gasteiger partial charge in [0.2, 0.25) is 5.88 Å². The number of nitrogens with zero attached hydrogens (tertiary/aromatic N) is 4.